The van der Waals surface area contributed by atoms with Gasteiger partial charge in [-0.2, -0.15) is 5.26 Å². The summed E-state index contributed by atoms with van der Waals surface area (Å²) in [6.45, 7) is 4.61. The molecule has 0 bridgehead atoms. The first-order valence-corrected chi connectivity index (χ1v) is 13.3. The van der Waals surface area contributed by atoms with E-state index in [0.717, 1.165) is 22.5 Å². The molecule has 5 rings (SSSR count). The van der Waals surface area contributed by atoms with Crippen molar-refractivity contribution in [3.05, 3.63) is 89.7 Å². The zero-order valence-corrected chi connectivity index (χ0v) is 22.0. The number of nitrogens with zero attached hydrogens (tertiary/aromatic N) is 5. The van der Waals surface area contributed by atoms with E-state index in [9.17, 15) is 10.1 Å². The Morgan fingerprint density at radius 1 is 1.05 bits per heavy atom. The Morgan fingerprint density at radius 3 is 2.50 bits per heavy atom. The first-order chi connectivity index (χ1) is 18.5. The van der Waals surface area contributed by atoms with Crippen LogP contribution in [0.25, 0.3) is 5.69 Å². The number of rotatable bonds is 8. The van der Waals surface area contributed by atoms with E-state index in [1.54, 1.807) is 4.90 Å². The summed E-state index contributed by atoms with van der Waals surface area (Å²) in [5, 5.41) is 18.6. The van der Waals surface area contributed by atoms with Gasteiger partial charge < -0.3 is 14.4 Å². The van der Waals surface area contributed by atoms with Gasteiger partial charge in [-0.1, -0.05) is 48.2 Å². The summed E-state index contributed by atoms with van der Waals surface area (Å²) >= 11 is 1.30. The van der Waals surface area contributed by atoms with E-state index in [4.69, 9.17) is 9.47 Å². The molecule has 0 fully saturated rings. The molecule has 1 amide bonds. The highest BCUT2D eigenvalue weighted by Crippen LogP contribution is 2.37. The lowest BCUT2D eigenvalue weighted by atomic mass is 10.1. The van der Waals surface area contributed by atoms with Gasteiger partial charge in [0.1, 0.15) is 6.61 Å². The maximum Gasteiger partial charge on any atom is 0.237 e. The molecule has 3 aromatic carbocycles. The van der Waals surface area contributed by atoms with Gasteiger partial charge in [0.05, 0.1) is 18.2 Å². The maximum atomic E-state index is 13.4. The van der Waals surface area contributed by atoms with E-state index in [1.807, 2.05) is 85.1 Å². The molecule has 0 spiro atoms. The van der Waals surface area contributed by atoms with Crippen molar-refractivity contribution in [3.63, 3.8) is 0 Å². The van der Waals surface area contributed by atoms with Crippen molar-refractivity contribution in [2.45, 2.75) is 31.5 Å². The lowest BCUT2D eigenvalue weighted by Crippen LogP contribution is -2.33. The number of aromatic nitrogens is 3. The van der Waals surface area contributed by atoms with Crippen molar-refractivity contribution in [2.75, 3.05) is 23.8 Å². The quantitative estimate of drug-likeness (QED) is 0.283. The second-order valence-electron chi connectivity index (χ2n) is 8.96. The molecule has 38 heavy (non-hydrogen) atoms. The van der Waals surface area contributed by atoms with Crippen LogP contribution in [0.1, 0.15) is 29.5 Å². The molecular formula is C29H27N5O3S. The van der Waals surface area contributed by atoms with Crippen molar-refractivity contribution >= 4 is 23.4 Å². The van der Waals surface area contributed by atoms with Gasteiger partial charge in [-0.15, -0.1) is 10.2 Å². The number of ether oxygens (including phenoxy) is 2. The normalized spacial score (nSPS) is 14.1. The van der Waals surface area contributed by atoms with E-state index in [-0.39, 0.29) is 18.1 Å². The van der Waals surface area contributed by atoms with Crippen LogP contribution in [0.3, 0.4) is 0 Å². The minimum atomic E-state index is -0.468. The van der Waals surface area contributed by atoms with Gasteiger partial charge in [0.25, 0.3) is 0 Å². The summed E-state index contributed by atoms with van der Waals surface area (Å²) in [6, 6.07) is 25.4. The second-order valence-corrected chi connectivity index (χ2v) is 9.91. The summed E-state index contributed by atoms with van der Waals surface area (Å²) in [5.41, 5.74) is 3.78. The highest BCUT2D eigenvalue weighted by molar-refractivity contribution is 7.99. The zero-order valence-electron chi connectivity index (χ0n) is 21.2. The van der Waals surface area contributed by atoms with Crippen molar-refractivity contribution in [1.29, 1.82) is 5.26 Å². The Bertz CT molecular complexity index is 1460. The summed E-state index contributed by atoms with van der Waals surface area (Å²) in [5.74, 6) is 1.96. The first-order valence-electron chi connectivity index (χ1n) is 12.3. The maximum absolute atomic E-state index is 13.4. The minimum Gasteiger partial charge on any atom is -0.485 e. The van der Waals surface area contributed by atoms with Gasteiger partial charge in [-0.25, -0.2) is 0 Å². The predicted molar refractivity (Wildman–Crippen MR) is 146 cm³/mol. The highest BCUT2D eigenvalue weighted by Gasteiger charge is 2.29. The summed E-state index contributed by atoms with van der Waals surface area (Å²) in [6.07, 6.45) is -0.223. The number of anilines is 1. The van der Waals surface area contributed by atoms with Gasteiger partial charge in [-0.05, 0) is 61.4 Å². The van der Waals surface area contributed by atoms with Crippen LogP contribution in [0.15, 0.2) is 78.0 Å². The molecule has 0 saturated heterocycles. The van der Waals surface area contributed by atoms with E-state index < -0.39 is 6.10 Å². The fourth-order valence-corrected chi connectivity index (χ4v) is 5.26. The Balaban J connectivity index is 1.41. The zero-order chi connectivity index (χ0) is 26.5. The second kappa shape index (κ2) is 11.4. The summed E-state index contributed by atoms with van der Waals surface area (Å²) in [4.78, 5) is 15.1. The number of carbonyl (C=O) groups excluding carboxylic acids is 1. The Morgan fingerprint density at radius 2 is 1.76 bits per heavy atom. The smallest absolute Gasteiger partial charge is 0.237 e. The molecule has 4 aromatic rings. The molecule has 1 aromatic heterocycles. The number of hydrogen-bond acceptors (Lipinski definition) is 7. The average molecular weight is 526 g/mol. The van der Waals surface area contributed by atoms with Crippen LogP contribution < -0.4 is 14.4 Å². The summed E-state index contributed by atoms with van der Waals surface area (Å²) < 4.78 is 14.1. The third-order valence-electron chi connectivity index (χ3n) is 6.06. The molecule has 0 radical (unpaired) electrons. The molecule has 9 heteroatoms. The Hall–Kier alpha value is -4.29. The van der Waals surface area contributed by atoms with Crippen LogP contribution in [-0.2, 0) is 4.79 Å². The molecule has 1 unspecified atom stereocenters. The SMILES string of the molecule is Cc1cc(C)cc(N(CCC#N)C(=O)CSc2nnc(C3COc4ccccc4O3)n2-c2ccccc2)c1. The van der Waals surface area contributed by atoms with Crippen LogP contribution >= 0.6 is 11.8 Å². The number of carbonyl (C=O) groups is 1. The van der Waals surface area contributed by atoms with E-state index in [2.05, 4.69) is 22.3 Å². The number of fused-ring (bicyclic) bond motifs is 1. The lowest BCUT2D eigenvalue weighted by molar-refractivity contribution is -0.116. The molecule has 1 aliphatic heterocycles. The van der Waals surface area contributed by atoms with E-state index in [1.165, 1.54) is 11.8 Å². The first kappa shape index (κ1) is 25.4. The molecule has 1 aliphatic rings. The number of benzene rings is 3. The van der Waals surface area contributed by atoms with Crippen molar-refractivity contribution in [2.24, 2.45) is 0 Å². The predicted octanol–water partition coefficient (Wildman–Crippen LogP) is 5.44. The van der Waals surface area contributed by atoms with Crippen LogP contribution in [0, 0.1) is 25.2 Å². The number of nitriles is 1. The molecule has 1 atom stereocenters. The van der Waals surface area contributed by atoms with Gasteiger partial charge in [0, 0.05) is 17.9 Å². The third kappa shape index (κ3) is 5.50. The topological polar surface area (TPSA) is 93.3 Å². The standard InChI is InChI=1S/C29H27N5O3S/c1-20-15-21(2)17-23(16-20)33(14-8-13-30)27(35)19-38-29-32-31-28(34(29)22-9-4-3-5-10-22)26-18-36-24-11-6-7-12-25(24)37-26/h3-7,9-12,15-17,26H,8,14,18-19H2,1-2H3. The van der Waals surface area contributed by atoms with Crippen LogP contribution in [0.5, 0.6) is 11.5 Å². The number of para-hydroxylation sites is 3. The summed E-state index contributed by atoms with van der Waals surface area (Å²) in [7, 11) is 0. The largest absolute Gasteiger partial charge is 0.485 e. The van der Waals surface area contributed by atoms with Crippen LogP contribution in [-0.4, -0.2) is 39.6 Å². The van der Waals surface area contributed by atoms with Gasteiger partial charge in [-0.3, -0.25) is 9.36 Å². The Kier molecular flexibility index (Phi) is 7.61. The van der Waals surface area contributed by atoms with Gasteiger partial charge in [0.15, 0.2) is 28.6 Å². The van der Waals surface area contributed by atoms with Crippen molar-refractivity contribution < 1.29 is 14.3 Å². The van der Waals surface area contributed by atoms with Gasteiger partial charge in [0.2, 0.25) is 5.91 Å². The van der Waals surface area contributed by atoms with E-state index in [0.29, 0.717) is 35.6 Å². The molecule has 0 aliphatic carbocycles. The number of aryl methyl sites for hydroxylation is 2. The molecule has 0 N–H and O–H groups in total. The lowest BCUT2D eigenvalue weighted by Gasteiger charge is -2.26. The molecule has 8 nitrogen and oxygen atoms in total. The average Bonchev–Trinajstić information content (AvgIpc) is 3.36. The number of hydrogen-bond donors (Lipinski definition) is 0. The number of thioether (sulfide) groups is 1. The van der Waals surface area contributed by atoms with Crippen molar-refractivity contribution in [1.82, 2.24) is 14.8 Å². The molecule has 192 valence electrons. The molecule has 0 saturated carbocycles. The highest BCUT2D eigenvalue weighted by atomic mass is 32.2. The third-order valence-corrected chi connectivity index (χ3v) is 6.97. The Labute approximate surface area is 225 Å². The minimum absolute atomic E-state index is 0.106. The van der Waals surface area contributed by atoms with Crippen molar-refractivity contribution in [3.8, 4) is 23.3 Å². The molecule has 2 heterocycles. The van der Waals surface area contributed by atoms with Crippen LogP contribution in [0.4, 0.5) is 5.69 Å². The van der Waals surface area contributed by atoms with Crippen LogP contribution in [0.2, 0.25) is 0 Å². The number of amides is 1. The van der Waals surface area contributed by atoms with Gasteiger partial charge >= 0.3 is 0 Å². The fraction of sp³-hybridized carbons (Fsp3) is 0.241. The molecular weight excluding hydrogens is 498 g/mol. The fourth-order valence-electron chi connectivity index (χ4n) is 4.42. The van der Waals surface area contributed by atoms with E-state index >= 15 is 0 Å². The monoisotopic (exact) mass is 525 g/mol.